The summed E-state index contributed by atoms with van der Waals surface area (Å²) in [5.41, 5.74) is 0. The molecule has 2 unspecified atom stereocenters. The van der Waals surface area contributed by atoms with Gasteiger partial charge in [0.1, 0.15) is 0 Å². The van der Waals surface area contributed by atoms with Gasteiger partial charge in [-0.15, -0.1) is 0 Å². The van der Waals surface area contributed by atoms with Crippen LogP contribution in [-0.4, -0.2) is 98.6 Å². The molecule has 2 atom stereocenters. The van der Waals surface area contributed by atoms with Crippen molar-refractivity contribution in [2.45, 2.75) is 252 Å². The van der Waals surface area contributed by atoms with Crippen LogP contribution in [0.25, 0.3) is 0 Å². The predicted octanol–water partition coefficient (Wildman–Crippen LogP) is 13.6. The highest BCUT2D eigenvalue weighted by Crippen LogP contribution is 2.22. The summed E-state index contributed by atoms with van der Waals surface area (Å²) >= 11 is 0. The van der Waals surface area contributed by atoms with Gasteiger partial charge in [0.05, 0.1) is 19.8 Å². The summed E-state index contributed by atoms with van der Waals surface area (Å²) in [4.78, 5) is 30.7. The third-order valence-electron chi connectivity index (χ3n) is 13.3. The van der Waals surface area contributed by atoms with Crippen molar-refractivity contribution in [2.75, 3.05) is 65.8 Å². The van der Waals surface area contributed by atoms with E-state index in [0.717, 1.165) is 90.8 Å². The van der Waals surface area contributed by atoms with Crippen LogP contribution in [0.1, 0.15) is 246 Å². The molecule has 1 aliphatic heterocycles. The van der Waals surface area contributed by atoms with Crippen molar-refractivity contribution >= 4 is 11.9 Å². The van der Waals surface area contributed by atoms with Crippen molar-refractivity contribution < 1.29 is 28.9 Å². The second-order valence-corrected chi connectivity index (χ2v) is 19.0. The van der Waals surface area contributed by atoms with E-state index in [0.29, 0.717) is 50.5 Å². The lowest BCUT2D eigenvalue weighted by Crippen LogP contribution is -2.45. The van der Waals surface area contributed by atoms with E-state index in [1.54, 1.807) is 0 Å². The van der Waals surface area contributed by atoms with E-state index in [9.17, 15) is 14.7 Å². The highest BCUT2D eigenvalue weighted by Gasteiger charge is 2.22. The average molecular weight is 865 g/mol. The summed E-state index contributed by atoms with van der Waals surface area (Å²) < 4.78 is 17.4. The number of esters is 2. The zero-order chi connectivity index (χ0) is 44.3. The first-order chi connectivity index (χ1) is 30.0. The van der Waals surface area contributed by atoms with Crippen molar-refractivity contribution in [1.82, 2.24) is 9.80 Å². The maximum absolute atomic E-state index is 12.8. The van der Waals surface area contributed by atoms with Gasteiger partial charge in [-0.1, -0.05) is 169 Å². The van der Waals surface area contributed by atoms with Crippen molar-refractivity contribution in [1.29, 1.82) is 0 Å². The smallest absolute Gasteiger partial charge is 0.305 e. The summed E-state index contributed by atoms with van der Waals surface area (Å²) in [5, 5.41) is 9.86. The molecular formula is C53H104N2O6. The fraction of sp³-hybridized carbons (Fsp3) is 0.962. The minimum absolute atomic E-state index is 0.0201. The first kappa shape index (κ1) is 57.8. The van der Waals surface area contributed by atoms with E-state index < -0.39 is 0 Å². The fourth-order valence-corrected chi connectivity index (χ4v) is 9.16. The molecule has 362 valence electrons. The Labute approximate surface area is 379 Å². The minimum atomic E-state index is -0.0201. The second-order valence-electron chi connectivity index (χ2n) is 19.0. The van der Waals surface area contributed by atoms with Gasteiger partial charge >= 0.3 is 11.9 Å². The Hall–Kier alpha value is -1.22. The molecule has 0 aliphatic carbocycles. The van der Waals surface area contributed by atoms with E-state index in [4.69, 9.17) is 14.2 Å². The third kappa shape index (κ3) is 35.8. The highest BCUT2D eigenvalue weighted by atomic mass is 16.5. The largest absolute Gasteiger partial charge is 0.465 e. The number of rotatable bonds is 46. The molecule has 0 spiro atoms. The lowest BCUT2D eigenvalue weighted by atomic mass is 9.95. The van der Waals surface area contributed by atoms with Gasteiger partial charge in [0, 0.05) is 51.7 Å². The molecule has 1 N–H and O–H groups in total. The SMILES string of the molecule is CCCCCCCCC(CCCCCC)COC(=O)CCCCCN(CCCCCC(=O)OCC(CCCCCC)CCCCCCCC)CCN(CCO)C1CCOCC1. The molecule has 8 heteroatoms. The van der Waals surface area contributed by atoms with E-state index in [1.165, 1.54) is 154 Å². The molecule has 1 aliphatic rings. The molecule has 1 fully saturated rings. The first-order valence-corrected chi connectivity index (χ1v) is 26.9. The van der Waals surface area contributed by atoms with Crippen LogP contribution in [0.2, 0.25) is 0 Å². The van der Waals surface area contributed by atoms with Gasteiger partial charge in [-0.25, -0.2) is 0 Å². The molecule has 0 amide bonds. The lowest BCUT2D eigenvalue weighted by Gasteiger charge is -2.35. The second kappa shape index (κ2) is 44.0. The number of aliphatic hydroxyl groups is 1. The van der Waals surface area contributed by atoms with E-state index in [2.05, 4.69) is 37.5 Å². The molecule has 0 bridgehead atoms. The molecular weight excluding hydrogens is 761 g/mol. The number of hydrogen-bond acceptors (Lipinski definition) is 8. The molecule has 0 aromatic carbocycles. The number of aliphatic hydroxyl groups excluding tert-OH is 1. The number of hydrogen-bond donors (Lipinski definition) is 1. The third-order valence-corrected chi connectivity index (χ3v) is 13.3. The van der Waals surface area contributed by atoms with Gasteiger partial charge in [0.15, 0.2) is 0 Å². The number of ether oxygens (including phenoxy) is 3. The predicted molar refractivity (Wildman–Crippen MR) is 258 cm³/mol. The van der Waals surface area contributed by atoms with Crippen molar-refractivity contribution in [3.05, 3.63) is 0 Å². The Morgan fingerprint density at radius 1 is 0.492 bits per heavy atom. The van der Waals surface area contributed by atoms with Gasteiger partial charge in [-0.05, 0) is 89.1 Å². The van der Waals surface area contributed by atoms with E-state index >= 15 is 0 Å². The Bertz CT molecular complexity index is 888. The number of carbonyl (C=O) groups is 2. The minimum Gasteiger partial charge on any atom is -0.465 e. The maximum Gasteiger partial charge on any atom is 0.305 e. The van der Waals surface area contributed by atoms with Crippen LogP contribution in [0, 0.1) is 11.8 Å². The fourth-order valence-electron chi connectivity index (χ4n) is 9.16. The molecule has 0 radical (unpaired) electrons. The highest BCUT2D eigenvalue weighted by molar-refractivity contribution is 5.69. The standard InChI is InChI=1S/C53H104N2O6/c1-5-9-13-17-19-25-33-49(31-23-15-11-7-3)47-60-52(57)35-27-21-29-39-54(41-42-55(43-44-56)51-37-45-59-46-38-51)40-30-22-28-36-53(58)61-48-50(32-24-16-12-8-4)34-26-20-18-14-10-6-2/h49-51,56H,5-48H2,1-4H3. The number of nitrogens with zero attached hydrogens (tertiary/aromatic N) is 2. The Morgan fingerprint density at radius 2 is 0.869 bits per heavy atom. The zero-order valence-electron chi connectivity index (χ0n) is 41.2. The van der Waals surface area contributed by atoms with Crippen LogP contribution in [0.15, 0.2) is 0 Å². The van der Waals surface area contributed by atoms with Gasteiger partial charge in [-0.3, -0.25) is 14.5 Å². The normalized spacial score (nSPS) is 14.5. The van der Waals surface area contributed by atoms with Crippen LogP contribution in [0.3, 0.4) is 0 Å². The van der Waals surface area contributed by atoms with Crippen LogP contribution in [0.4, 0.5) is 0 Å². The van der Waals surface area contributed by atoms with Crippen LogP contribution >= 0.6 is 0 Å². The van der Waals surface area contributed by atoms with E-state index in [1.807, 2.05) is 0 Å². The van der Waals surface area contributed by atoms with E-state index in [-0.39, 0.29) is 18.5 Å². The molecule has 1 heterocycles. The molecule has 8 nitrogen and oxygen atoms in total. The molecule has 0 saturated carbocycles. The lowest BCUT2D eigenvalue weighted by molar-refractivity contribution is -0.146. The summed E-state index contributed by atoms with van der Waals surface area (Å²) in [6.07, 6.45) is 39.7. The Morgan fingerprint density at radius 3 is 1.28 bits per heavy atom. The van der Waals surface area contributed by atoms with Crippen molar-refractivity contribution in [2.24, 2.45) is 11.8 Å². The quantitative estimate of drug-likeness (QED) is 0.0478. The molecule has 0 aromatic rings. The summed E-state index contributed by atoms with van der Waals surface area (Å²) in [5.74, 6) is 0.978. The molecule has 1 saturated heterocycles. The van der Waals surface area contributed by atoms with Crippen LogP contribution in [-0.2, 0) is 23.8 Å². The van der Waals surface area contributed by atoms with Gasteiger partial charge in [0.2, 0.25) is 0 Å². The zero-order valence-corrected chi connectivity index (χ0v) is 41.2. The van der Waals surface area contributed by atoms with Gasteiger partial charge in [0.25, 0.3) is 0 Å². The van der Waals surface area contributed by atoms with Gasteiger partial charge in [-0.2, -0.15) is 0 Å². The number of carbonyl (C=O) groups excluding carboxylic acids is 2. The van der Waals surface area contributed by atoms with Crippen LogP contribution in [0.5, 0.6) is 0 Å². The van der Waals surface area contributed by atoms with Crippen molar-refractivity contribution in [3.63, 3.8) is 0 Å². The first-order valence-electron chi connectivity index (χ1n) is 26.9. The summed E-state index contributed by atoms with van der Waals surface area (Å²) in [7, 11) is 0. The molecule has 1 rings (SSSR count). The summed E-state index contributed by atoms with van der Waals surface area (Å²) in [6, 6.07) is 0.475. The van der Waals surface area contributed by atoms with Crippen molar-refractivity contribution in [3.8, 4) is 0 Å². The molecule has 0 aromatic heterocycles. The topological polar surface area (TPSA) is 88.5 Å². The van der Waals surface area contributed by atoms with Gasteiger partial charge < -0.3 is 24.2 Å². The maximum atomic E-state index is 12.8. The average Bonchev–Trinajstić information content (AvgIpc) is 3.27. The number of unbranched alkanes of at least 4 members (excludes halogenated alkanes) is 20. The monoisotopic (exact) mass is 865 g/mol. The Kier molecular flexibility index (Phi) is 41.7. The molecule has 61 heavy (non-hydrogen) atoms. The summed E-state index contributed by atoms with van der Waals surface area (Å²) in [6.45, 7) is 16.7. The Balaban J connectivity index is 2.54. The van der Waals surface area contributed by atoms with Crippen LogP contribution < -0.4 is 0 Å².